The van der Waals surface area contributed by atoms with E-state index < -0.39 is 0 Å². The second kappa shape index (κ2) is 6.37. The van der Waals surface area contributed by atoms with Crippen molar-refractivity contribution < 1.29 is 4.74 Å². The molecule has 2 aromatic rings. The summed E-state index contributed by atoms with van der Waals surface area (Å²) < 4.78 is 7.59. The maximum absolute atomic E-state index is 5.19. The monoisotopic (exact) mass is 273 g/mol. The predicted octanol–water partition coefficient (Wildman–Crippen LogP) is 2.54. The van der Waals surface area contributed by atoms with Gasteiger partial charge in [-0.1, -0.05) is 12.1 Å². The summed E-state index contributed by atoms with van der Waals surface area (Å²) in [6.45, 7) is 3.98. The van der Waals surface area contributed by atoms with Gasteiger partial charge in [0, 0.05) is 32.7 Å². The molecule has 1 aliphatic heterocycles. The summed E-state index contributed by atoms with van der Waals surface area (Å²) in [5.41, 5.74) is 2.37. The highest BCUT2D eigenvalue weighted by Gasteiger charge is 2.21. The molecule has 108 valence electrons. The number of nitrogens with one attached hydrogen (secondary N) is 1. The molecule has 0 aliphatic carbocycles. The summed E-state index contributed by atoms with van der Waals surface area (Å²) >= 11 is 0. The lowest BCUT2D eigenvalue weighted by molar-refractivity contribution is 0.190. The van der Waals surface area contributed by atoms with E-state index in [4.69, 9.17) is 9.72 Å². The third-order valence-electron chi connectivity index (χ3n) is 4.08. The zero-order valence-corrected chi connectivity index (χ0v) is 12.1. The van der Waals surface area contributed by atoms with Gasteiger partial charge < -0.3 is 14.6 Å². The van der Waals surface area contributed by atoms with Crippen LogP contribution in [0.4, 0.5) is 0 Å². The molecule has 1 atom stereocenters. The van der Waals surface area contributed by atoms with Crippen molar-refractivity contribution in [2.75, 3.05) is 26.8 Å². The fourth-order valence-electron chi connectivity index (χ4n) is 3.08. The van der Waals surface area contributed by atoms with Crippen molar-refractivity contribution in [2.24, 2.45) is 0 Å². The van der Waals surface area contributed by atoms with Gasteiger partial charge in [-0.25, -0.2) is 4.98 Å². The fourth-order valence-corrected chi connectivity index (χ4v) is 3.08. The molecule has 3 rings (SSSR count). The topological polar surface area (TPSA) is 39.1 Å². The quantitative estimate of drug-likeness (QED) is 0.851. The Hall–Kier alpha value is -1.39. The van der Waals surface area contributed by atoms with Crippen molar-refractivity contribution in [3.05, 3.63) is 30.1 Å². The first kappa shape index (κ1) is 13.6. The molecule has 1 aromatic carbocycles. The van der Waals surface area contributed by atoms with Crippen LogP contribution in [0.1, 0.15) is 31.0 Å². The number of aromatic nitrogens is 2. The Morgan fingerprint density at radius 2 is 2.30 bits per heavy atom. The van der Waals surface area contributed by atoms with Crippen LogP contribution >= 0.6 is 0 Å². The highest BCUT2D eigenvalue weighted by atomic mass is 16.5. The molecule has 4 heteroatoms. The van der Waals surface area contributed by atoms with Gasteiger partial charge in [0.1, 0.15) is 5.82 Å². The Bertz CT molecular complexity index is 558. The van der Waals surface area contributed by atoms with Crippen molar-refractivity contribution >= 4 is 11.0 Å². The number of hydrogen-bond acceptors (Lipinski definition) is 3. The molecule has 2 heterocycles. The Kier molecular flexibility index (Phi) is 4.33. The number of para-hydroxylation sites is 2. The fraction of sp³-hybridized carbons (Fsp3) is 0.562. The molecule has 0 bridgehead atoms. The summed E-state index contributed by atoms with van der Waals surface area (Å²) in [5.74, 6) is 1.79. The molecular formula is C16H23N3O. The van der Waals surface area contributed by atoms with Crippen LogP contribution in [-0.2, 0) is 11.3 Å². The van der Waals surface area contributed by atoms with Gasteiger partial charge in [-0.15, -0.1) is 0 Å². The average molecular weight is 273 g/mol. The van der Waals surface area contributed by atoms with E-state index in [1.807, 2.05) is 0 Å². The smallest absolute Gasteiger partial charge is 0.114 e. The van der Waals surface area contributed by atoms with Gasteiger partial charge in [-0.2, -0.15) is 0 Å². The zero-order valence-electron chi connectivity index (χ0n) is 12.1. The van der Waals surface area contributed by atoms with Crippen molar-refractivity contribution in [1.29, 1.82) is 0 Å². The number of imidazole rings is 1. The van der Waals surface area contributed by atoms with Gasteiger partial charge in [-0.3, -0.25) is 0 Å². The number of ether oxygens (including phenoxy) is 1. The lowest BCUT2D eigenvalue weighted by Crippen LogP contribution is -2.30. The second-order valence-electron chi connectivity index (χ2n) is 5.50. The highest BCUT2D eigenvalue weighted by molar-refractivity contribution is 5.76. The predicted molar refractivity (Wildman–Crippen MR) is 81.1 cm³/mol. The molecule has 1 saturated heterocycles. The molecule has 0 radical (unpaired) electrons. The molecule has 20 heavy (non-hydrogen) atoms. The van der Waals surface area contributed by atoms with Gasteiger partial charge in [0.2, 0.25) is 0 Å². The highest BCUT2D eigenvalue weighted by Crippen LogP contribution is 2.26. The van der Waals surface area contributed by atoms with Gasteiger partial charge in [-0.05, 0) is 37.9 Å². The first-order chi connectivity index (χ1) is 9.90. The van der Waals surface area contributed by atoms with Crippen LogP contribution in [0.2, 0.25) is 0 Å². The van der Waals surface area contributed by atoms with E-state index in [1.165, 1.54) is 24.2 Å². The minimum Gasteiger partial charge on any atom is -0.385 e. The largest absolute Gasteiger partial charge is 0.385 e. The first-order valence-corrected chi connectivity index (χ1v) is 7.55. The average Bonchev–Trinajstić information content (AvgIpc) is 2.87. The minimum absolute atomic E-state index is 0.540. The van der Waals surface area contributed by atoms with E-state index in [9.17, 15) is 0 Å². The first-order valence-electron chi connectivity index (χ1n) is 7.55. The van der Waals surface area contributed by atoms with Crippen LogP contribution < -0.4 is 5.32 Å². The number of methoxy groups -OCH3 is 1. The van der Waals surface area contributed by atoms with Gasteiger partial charge in [0.25, 0.3) is 0 Å². The van der Waals surface area contributed by atoms with Crippen molar-refractivity contribution in [2.45, 2.75) is 31.7 Å². The Morgan fingerprint density at radius 3 is 3.10 bits per heavy atom. The molecule has 0 unspecified atom stereocenters. The van der Waals surface area contributed by atoms with Crippen LogP contribution in [-0.4, -0.2) is 36.4 Å². The molecule has 4 nitrogen and oxygen atoms in total. The molecule has 0 saturated carbocycles. The molecule has 0 amide bonds. The van der Waals surface area contributed by atoms with Gasteiger partial charge in [0.05, 0.1) is 11.0 Å². The third-order valence-corrected chi connectivity index (χ3v) is 4.08. The van der Waals surface area contributed by atoms with E-state index in [1.54, 1.807) is 7.11 Å². The van der Waals surface area contributed by atoms with Crippen molar-refractivity contribution in [1.82, 2.24) is 14.9 Å². The maximum Gasteiger partial charge on any atom is 0.114 e. The van der Waals surface area contributed by atoms with E-state index >= 15 is 0 Å². The number of aryl methyl sites for hydroxylation is 1. The lowest BCUT2D eigenvalue weighted by atomic mass is 9.99. The molecular weight excluding hydrogens is 250 g/mol. The van der Waals surface area contributed by atoms with Crippen LogP contribution in [0.15, 0.2) is 24.3 Å². The summed E-state index contributed by atoms with van der Waals surface area (Å²) in [7, 11) is 1.76. The SMILES string of the molecule is COCCCn1c([C@@H]2CCCNC2)nc2ccccc21. The summed E-state index contributed by atoms with van der Waals surface area (Å²) in [5, 5.41) is 3.49. The van der Waals surface area contributed by atoms with Crippen LogP contribution in [0.5, 0.6) is 0 Å². The summed E-state index contributed by atoms with van der Waals surface area (Å²) in [4.78, 5) is 4.90. The van der Waals surface area contributed by atoms with E-state index in [0.717, 1.165) is 38.2 Å². The van der Waals surface area contributed by atoms with Crippen LogP contribution in [0.3, 0.4) is 0 Å². The van der Waals surface area contributed by atoms with E-state index in [-0.39, 0.29) is 0 Å². The number of piperidine rings is 1. The molecule has 1 fully saturated rings. The normalized spacial score (nSPS) is 19.6. The number of fused-ring (bicyclic) bond motifs is 1. The van der Waals surface area contributed by atoms with Gasteiger partial charge >= 0.3 is 0 Å². The van der Waals surface area contributed by atoms with E-state index in [0.29, 0.717) is 5.92 Å². The van der Waals surface area contributed by atoms with Crippen molar-refractivity contribution in [3.8, 4) is 0 Å². The number of benzene rings is 1. The third kappa shape index (κ3) is 2.72. The number of nitrogens with zero attached hydrogens (tertiary/aromatic N) is 2. The standard InChI is InChI=1S/C16H23N3O/c1-20-11-5-10-19-15-8-3-2-7-14(15)18-16(19)13-6-4-9-17-12-13/h2-3,7-8,13,17H,4-6,9-12H2,1H3/t13-/m1/s1. The number of rotatable bonds is 5. The molecule has 1 aromatic heterocycles. The maximum atomic E-state index is 5.19. The summed E-state index contributed by atoms with van der Waals surface area (Å²) in [6.07, 6.45) is 3.51. The summed E-state index contributed by atoms with van der Waals surface area (Å²) in [6, 6.07) is 8.45. The van der Waals surface area contributed by atoms with Crippen LogP contribution in [0.25, 0.3) is 11.0 Å². The Labute approximate surface area is 120 Å². The van der Waals surface area contributed by atoms with Crippen LogP contribution in [0, 0.1) is 0 Å². The molecule has 1 N–H and O–H groups in total. The minimum atomic E-state index is 0.540. The molecule has 0 spiro atoms. The lowest BCUT2D eigenvalue weighted by Gasteiger charge is -2.23. The Balaban J connectivity index is 1.93. The van der Waals surface area contributed by atoms with Crippen molar-refractivity contribution in [3.63, 3.8) is 0 Å². The zero-order chi connectivity index (χ0) is 13.8. The Morgan fingerprint density at radius 1 is 1.40 bits per heavy atom. The van der Waals surface area contributed by atoms with Gasteiger partial charge in [0.15, 0.2) is 0 Å². The van der Waals surface area contributed by atoms with E-state index in [2.05, 4.69) is 34.1 Å². The number of hydrogen-bond donors (Lipinski definition) is 1. The second-order valence-corrected chi connectivity index (χ2v) is 5.50. The molecule has 1 aliphatic rings.